The van der Waals surface area contributed by atoms with Crippen LogP contribution in [-0.4, -0.2) is 41.8 Å². The monoisotopic (exact) mass is 482 g/mol. The van der Waals surface area contributed by atoms with Crippen LogP contribution >= 0.6 is 0 Å². The minimum absolute atomic E-state index is 0.00670. The smallest absolute Gasteiger partial charge is 0.277 e. The first-order valence-corrected chi connectivity index (χ1v) is 11.8. The first-order valence-electron chi connectivity index (χ1n) is 11.8. The second-order valence-corrected chi connectivity index (χ2v) is 9.18. The van der Waals surface area contributed by atoms with Crippen LogP contribution in [0.15, 0.2) is 55.2 Å². The van der Waals surface area contributed by atoms with E-state index in [1.807, 2.05) is 45.0 Å². The fourth-order valence-corrected chi connectivity index (χ4v) is 3.72. The van der Waals surface area contributed by atoms with E-state index in [1.165, 1.54) is 6.33 Å². The Labute approximate surface area is 208 Å². The largest absolute Gasteiger partial charge is 0.321 e. The van der Waals surface area contributed by atoms with Gasteiger partial charge in [0, 0.05) is 47.2 Å². The molecule has 1 aromatic carbocycles. The third-order valence-electron chi connectivity index (χ3n) is 5.98. The maximum Gasteiger partial charge on any atom is 0.277 e. The standard InChI is InChI=1S/C26H26N8O2/c1-15(2)34-13-23(32-33-34)26(36)30-20-7-4-16(3)21(9-20)18-8-19(12-27-11-18)22-10-24(29-14-28-22)31-25(35)17-5-6-17/h4,7-15,17H,5-6H2,1-3H3,(H,30,36)(H,28,29,31,35). The number of nitrogens with one attached hydrogen (secondary N) is 2. The minimum Gasteiger partial charge on any atom is -0.321 e. The van der Waals surface area contributed by atoms with Gasteiger partial charge in [0.1, 0.15) is 12.1 Å². The van der Waals surface area contributed by atoms with Crippen molar-refractivity contribution in [3.63, 3.8) is 0 Å². The Kier molecular flexibility index (Phi) is 6.24. The molecule has 10 heteroatoms. The summed E-state index contributed by atoms with van der Waals surface area (Å²) < 4.78 is 1.64. The summed E-state index contributed by atoms with van der Waals surface area (Å²) in [5.74, 6) is 0.224. The molecule has 0 saturated heterocycles. The number of benzene rings is 1. The van der Waals surface area contributed by atoms with E-state index in [-0.39, 0.29) is 29.5 Å². The van der Waals surface area contributed by atoms with E-state index in [9.17, 15) is 9.59 Å². The summed E-state index contributed by atoms with van der Waals surface area (Å²) in [6, 6.07) is 9.53. The molecule has 0 spiro atoms. The number of rotatable bonds is 7. The Morgan fingerprint density at radius 3 is 2.58 bits per heavy atom. The number of hydrogen-bond donors (Lipinski definition) is 2. The lowest BCUT2D eigenvalue weighted by molar-refractivity contribution is -0.117. The number of carbonyl (C=O) groups excluding carboxylic acids is 2. The van der Waals surface area contributed by atoms with Crippen LogP contribution in [0.3, 0.4) is 0 Å². The fourth-order valence-electron chi connectivity index (χ4n) is 3.72. The predicted molar refractivity (Wildman–Crippen MR) is 135 cm³/mol. The molecule has 0 atom stereocenters. The maximum absolute atomic E-state index is 12.7. The molecule has 1 aliphatic carbocycles. The SMILES string of the molecule is Cc1ccc(NC(=O)c2cn(C(C)C)nn2)cc1-c1cncc(-c2cc(NC(=O)C3CC3)ncn2)c1. The van der Waals surface area contributed by atoms with Gasteiger partial charge in [0.2, 0.25) is 5.91 Å². The highest BCUT2D eigenvalue weighted by molar-refractivity contribution is 6.03. The molecule has 0 radical (unpaired) electrons. The van der Waals surface area contributed by atoms with Gasteiger partial charge in [-0.2, -0.15) is 0 Å². The molecule has 0 aliphatic heterocycles. The van der Waals surface area contributed by atoms with Crippen LogP contribution in [0.25, 0.3) is 22.4 Å². The van der Waals surface area contributed by atoms with Crippen molar-refractivity contribution >= 4 is 23.3 Å². The van der Waals surface area contributed by atoms with E-state index in [1.54, 1.807) is 29.3 Å². The molecule has 4 aromatic rings. The number of anilines is 2. The number of hydrogen-bond acceptors (Lipinski definition) is 7. The van der Waals surface area contributed by atoms with Crippen molar-refractivity contribution in [2.75, 3.05) is 10.6 Å². The molecule has 2 N–H and O–H groups in total. The van der Waals surface area contributed by atoms with Gasteiger partial charge >= 0.3 is 0 Å². The Morgan fingerprint density at radius 2 is 1.83 bits per heavy atom. The quantitative estimate of drug-likeness (QED) is 0.402. The van der Waals surface area contributed by atoms with Crippen molar-refractivity contribution in [3.05, 3.63) is 66.5 Å². The van der Waals surface area contributed by atoms with E-state index in [0.717, 1.165) is 35.1 Å². The zero-order valence-electron chi connectivity index (χ0n) is 20.3. The molecule has 1 fully saturated rings. The van der Waals surface area contributed by atoms with E-state index < -0.39 is 0 Å². The van der Waals surface area contributed by atoms with Crippen molar-refractivity contribution in [1.29, 1.82) is 0 Å². The molecule has 0 unspecified atom stereocenters. The first-order chi connectivity index (χ1) is 17.4. The van der Waals surface area contributed by atoms with Crippen molar-refractivity contribution < 1.29 is 9.59 Å². The zero-order valence-corrected chi connectivity index (χ0v) is 20.3. The zero-order chi connectivity index (χ0) is 25.2. The highest BCUT2D eigenvalue weighted by atomic mass is 16.2. The van der Waals surface area contributed by atoms with Crippen LogP contribution in [0.2, 0.25) is 0 Å². The summed E-state index contributed by atoms with van der Waals surface area (Å²) in [6.07, 6.45) is 8.40. The van der Waals surface area contributed by atoms with Crippen LogP contribution in [-0.2, 0) is 4.79 Å². The van der Waals surface area contributed by atoms with Crippen LogP contribution in [0, 0.1) is 12.8 Å². The number of amides is 2. The number of aromatic nitrogens is 6. The van der Waals surface area contributed by atoms with Gasteiger partial charge in [-0.15, -0.1) is 5.10 Å². The van der Waals surface area contributed by atoms with E-state index in [2.05, 4.69) is 35.9 Å². The van der Waals surface area contributed by atoms with Gasteiger partial charge in [-0.25, -0.2) is 14.6 Å². The summed E-state index contributed by atoms with van der Waals surface area (Å²) in [5, 5.41) is 13.7. The molecule has 0 bridgehead atoms. The van der Waals surface area contributed by atoms with E-state index in [0.29, 0.717) is 17.2 Å². The molecule has 1 saturated carbocycles. The molecule has 3 heterocycles. The summed E-state index contributed by atoms with van der Waals surface area (Å²) >= 11 is 0. The van der Waals surface area contributed by atoms with Crippen LogP contribution in [0.4, 0.5) is 11.5 Å². The van der Waals surface area contributed by atoms with Gasteiger partial charge in [-0.3, -0.25) is 14.6 Å². The molecule has 5 rings (SSSR count). The Hall–Kier alpha value is -4.47. The van der Waals surface area contributed by atoms with Gasteiger partial charge in [0.25, 0.3) is 5.91 Å². The first kappa shape index (κ1) is 23.3. The number of aryl methyl sites for hydroxylation is 1. The van der Waals surface area contributed by atoms with Crippen molar-refractivity contribution in [1.82, 2.24) is 29.9 Å². The summed E-state index contributed by atoms with van der Waals surface area (Å²) in [7, 11) is 0. The second-order valence-electron chi connectivity index (χ2n) is 9.18. The lowest BCUT2D eigenvalue weighted by atomic mass is 9.99. The van der Waals surface area contributed by atoms with Crippen molar-refractivity contribution in [2.45, 2.75) is 39.7 Å². The molecule has 36 heavy (non-hydrogen) atoms. The van der Waals surface area contributed by atoms with Gasteiger partial charge < -0.3 is 10.6 Å². The predicted octanol–water partition coefficient (Wildman–Crippen LogP) is 4.29. The van der Waals surface area contributed by atoms with Crippen molar-refractivity contribution in [3.8, 4) is 22.4 Å². The molecule has 10 nitrogen and oxygen atoms in total. The number of carbonyl (C=O) groups is 2. The van der Waals surface area contributed by atoms with E-state index in [4.69, 9.17) is 0 Å². The highest BCUT2D eigenvalue weighted by Crippen LogP contribution is 2.31. The lowest BCUT2D eigenvalue weighted by Gasteiger charge is -2.11. The minimum atomic E-state index is -0.328. The Bertz CT molecular complexity index is 1440. The van der Waals surface area contributed by atoms with E-state index >= 15 is 0 Å². The molecule has 2 amide bonds. The normalized spacial score (nSPS) is 13.0. The van der Waals surface area contributed by atoms with Gasteiger partial charge in [-0.05, 0) is 62.9 Å². The topological polar surface area (TPSA) is 128 Å². The number of pyridine rings is 1. The highest BCUT2D eigenvalue weighted by Gasteiger charge is 2.29. The molecule has 182 valence electrons. The Morgan fingerprint density at radius 1 is 1.03 bits per heavy atom. The van der Waals surface area contributed by atoms with Gasteiger partial charge in [-0.1, -0.05) is 11.3 Å². The summed E-state index contributed by atoms with van der Waals surface area (Å²) in [5.41, 5.74) is 5.15. The maximum atomic E-state index is 12.7. The van der Waals surface area contributed by atoms with Gasteiger partial charge in [0.05, 0.1) is 11.9 Å². The Balaban J connectivity index is 1.38. The lowest BCUT2D eigenvalue weighted by Crippen LogP contribution is -2.14. The van der Waals surface area contributed by atoms with Gasteiger partial charge in [0.15, 0.2) is 5.69 Å². The average Bonchev–Trinajstić information content (AvgIpc) is 3.61. The summed E-state index contributed by atoms with van der Waals surface area (Å²) in [6.45, 7) is 5.94. The fraction of sp³-hybridized carbons (Fsp3) is 0.269. The van der Waals surface area contributed by atoms with Crippen molar-refractivity contribution in [2.24, 2.45) is 5.92 Å². The molecule has 3 aromatic heterocycles. The molecular weight excluding hydrogens is 456 g/mol. The molecular formula is C26H26N8O2. The van der Waals surface area contributed by atoms with Crippen LogP contribution < -0.4 is 10.6 Å². The third kappa shape index (κ3) is 5.12. The summed E-state index contributed by atoms with van der Waals surface area (Å²) in [4.78, 5) is 37.7. The second kappa shape index (κ2) is 9.65. The van der Waals surface area contributed by atoms with Crippen LogP contribution in [0.5, 0.6) is 0 Å². The van der Waals surface area contributed by atoms with Crippen LogP contribution in [0.1, 0.15) is 48.8 Å². The average molecular weight is 483 g/mol. The third-order valence-corrected chi connectivity index (χ3v) is 5.98. The number of nitrogens with zero attached hydrogens (tertiary/aromatic N) is 6. The molecule has 1 aliphatic rings.